The van der Waals surface area contributed by atoms with Crippen molar-refractivity contribution >= 4 is 22.2 Å². The van der Waals surface area contributed by atoms with Crippen molar-refractivity contribution in [3.63, 3.8) is 0 Å². The van der Waals surface area contributed by atoms with Crippen LogP contribution in [0.2, 0.25) is 0 Å². The number of carbonyl (C=O) groups is 1. The van der Waals surface area contributed by atoms with Crippen molar-refractivity contribution in [2.45, 2.75) is 12.8 Å². The number of hydrogen-bond acceptors (Lipinski definition) is 3. The van der Waals surface area contributed by atoms with Gasteiger partial charge in [-0.05, 0) is 12.0 Å². The molecule has 0 spiro atoms. The number of thiol groups is 1. The van der Waals surface area contributed by atoms with Gasteiger partial charge in [-0.25, -0.2) is 8.42 Å². The molecule has 0 heterocycles. The van der Waals surface area contributed by atoms with Gasteiger partial charge in [-0.1, -0.05) is 30.3 Å². The van der Waals surface area contributed by atoms with Crippen molar-refractivity contribution in [3.8, 4) is 0 Å². The van der Waals surface area contributed by atoms with Gasteiger partial charge in [-0.3, -0.25) is 4.79 Å². The summed E-state index contributed by atoms with van der Waals surface area (Å²) in [6.45, 7) is 0. The van der Waals surface area contributed by atoms with E-state index in [-0.39, 0.29) is 12.1 Å². The molecule has 1 aromatic carbocycles. The predicted molar refractivity (Wildman–Crippen MR) is 63.6 cm³/mol. The third-order valence-corrected chi connectivity index (χ3v) is 2.76. The number of aryl methyl sites for hydroxylation is 1. The summed E-state index contributed by atoms with van der Waals surface area (Å²) < 4.78 is 20.9. The zero-order chi connectivity index (χ0) is 12.7. The fourth-order valence-corrected chi connectivity index (χ4v) is 1.83. The van der Waals surface area contributed by atoms with Crippen LogP contribution >= 0.6 is 0 Å². The Kier molecular flexibility index (Phi) is 5.26. The molecule has 0 aliphatic carbocycles. The largest absolute Gasteiger partial charge is 0.361 e. The highest BCUT2D eigenvalue weighted by Gasteiger charge is 2.20. The third kappa shape index (κ3) is 4.72. The molecule has 0 aliphatic heterocycles. The summed E-state index contributed by atoms with van der Waals surface area (Å²) in [4.78, 5) is 14.2. The fourth-order valence-electron chi connectivity index (χ4n) is 1.34. The summed E-state index contributed by atoms with van der Waals surface area (Å²) in [7, 11) is -2.75. The zero-order valence-electron chi connectivity index (χ0n) is 9.07. The Hall–Kier alpha value is -1.78. The molecule has 0 amide bonds. The quantitative estimate of drug-likeness (QED) is 0.345. The second kappa shape index (κ2) is 6.73. The highest BCUT2D eigenvalue weighted by Crippen LogP contribution is 2.03. The van der Waals surface area contributed by atoms with E-state index < -0.39 is 22.2 Å². The predicted octanol–water partition coefficient (Wildman–Crippen LogP) is 0.470. The van der Waals surface area contributed by atoms with Gasteiger partial charge in [-0.15, -0.1) is 0 Å². The average Bonchev–Trinajstić information content (AvgIpc) is 2.34. The Labute approximate surface area is 101 Å². The highest BCUT2D eigenvalue weighted by atomic mass is 32.2. The summed E-state index contributed by atoms with van der Waals surface area (Å²) in [5, 5.41) is 0. The molecular formula is C11H12N2O3S. The molecule has 0 N–H and O–H groups in total. The van der Waals surface area contributed by atoms with Crippen molar-refractivity contribution in [1.82, 2.24) is 0 Å². The van der Waals surface area contributed by atoms with E-state index in [1.54, 1.807) is 0 Å². The first-order valence-corrected chi connectivity index (χ1v) is 6.39. The van der Waals surface area contributed by atoms with E-state index in [4.69, 9.17) is 5.53 Å². The minimum absolute atomic E-state index is 0.132. The number of Topliss-reactive ketones (excluding diaryl/α,β-unsaturated/α-hetero) is 1. The molecule has 17 heavy (non-hydrogen) atoms. The Morgan fingerprint density at radius 2 is 1.88 bits per heavy atom. The maximum absolute atomic E-state index is 11.5. The van der Waals surface area contributed by atoms with E-state index in [2.05, 4.69) is 4.79 Å². The number of ketones is 1. The Morgan fingerprint density at radius 1 is 1.24 bits per heavy atom. The van der Waals surface area contributed by atoms with Gasteiger partial charge in [0.25, 0.3) is 0 Å². The second-order valence-electron chi connectivity index (χ2n) is 3.45. The number of carbonyl (C=O) groups excluding carboxylic acids is 1. The van der Waals surface area contributed by atoms with Crippen LogP contribution in [0.5, 0.6) is 0 Å². The van der Waals surface area contributed by atoms with Crippen LogP contribution in [0.1, 0.15) is 12.0 Å². The van der Waals surface area contributed by atoms with Crippen LogP contribution in [0.15, 0.2) is 30.3 Å². The number of nitrogens with zero attached hydrogens (tertiary/aromatic N) is 2. The second-order valence-corrected chi connectivity index (χ2v) is 4.43. The van der Waals surface area contributed by atoms with Gasteiger partial charge in [0.15, 0.2) is 16.5 Å². The first-order chi connectivity index (χ1) is 8.13. The smallest absolute Gasteiger partial charge is 0.349 e. The summed E-state index contributed by atoms with van der Waals surface area (Å²) in [5.74, 6) is -0.963. The van der Waals surface area contributed by atoms with E-state index in [9.17, 15) is 13.2 Å². The van der Waals surface area contributed by atoms with Gasteiger partial charge < -0.3 is 5.53 Å². The van der Waals surface area contributed by atoms with Gasteiger partial charge in [0.05, 0.1) is 0 Å². The molecular weight excluding hydrogens is 240 g/mol. The summed E-state index contributed by atoms with van der Waals surface area (Å²) in [6.07, 6.45) is 0.626. The molecule has 0 aliphatic rings. The summed E-state index contributed by atoms with van der Waals surface area (Å²) in [5.41, 5.74) is 9.21. The number of benzene rings is 1. The lowest BCUT2D eigenvalue weighted by molar-refractivity contribution is -0.117. The van der Waals surface area contributed by atoms with Gasteiger partial charge in [-0.2, -0.15) is 4.79 Å². The van der Waals surface area contributed by atoms with Crippen molar-refractivity contribution in [1.29, 1.82) is 0 Å². The van der Waals surface area contributed by atoms with Gasteiger partial charge >= 0.3 is 5.71 Å². The fraction of sp³-hybridized carbons (Fsp3) is 0.273. The van der Waals surface area contributed by atoms with Crippen LogP contribution in [0, 0.1) is 0 Å². The lowest BCUT2D eigenvalue weighted by atomic mass is 10.1. The van der Waals surface area contributed by atoms with Crippen LogP contribution in [0.25, 0.3) is 5.53 Å². The van der Waals surface area contributed by atoms with Gasteiger partial charge in [0.1, 0.15) is 0 Å². The van der Waals surface area contributed by atoms with Crippen LogP contribution in [0.4, 0.5) is 0 Å². The minimum atomic E-state index is -2.75. The Morgan fingerprint density at radius 3 is 2.41 bits per heavy atom. The zero-order valence-corrected chi connectivity index (χ0v) is 9.97. The van der Waals surface area contributed by atoms with Crippen LogP contribution in [-0.4, -0.2) is 30.5 Å². The molecule has 6 heteroatoms. The molecule has 90 valence electrons. The van der Waals surface area contributed by atoms with Crippen LogP contribution in [0.3, 0.4) is 0 Å². The van der Waals surface area contributed by atoms with Crippen molar-refractivity contribution in [2.75, 3.05) is 5.75 Å². The standard InChI is InChI=1S/C11H12N2O3S/c12-13-10(8-17(15)16)11(14)7-6-9-4-2-1-3-5-9/h1-5,17H,6-8H2. The molecule has 0 fully saturated rings. The topological polar surface area (TPSA) is 87.6 Å². The first kappa shape index (κ1) is 13.3. The molecule has 0 saturated carbocycles. The monoisotopic (exact) mass is 252 g/mol. The first-order valence-electron chi connectivity index (χ1n) is 5.03. The molecule has 1 rings (SSSR count). The number of hydrogen-bond donors (Lipinski definition) is 1. The lowest BCUT2D eigenvalue weighted by Crippen LogP contribution is -2.20. The lowest BCUT2D eigenvalue weighted by Gasteiger charge is -1.97. The van der Waals surface area contributed by atoms with Gasteiger partial charge in [0.2, 0.25) is 5.78 Å². The Bertz CT molecular complexity index is 509. The molecule has 0 unspecified atom stereocenters. The van der Waals surface area contributed by atoms with Gasteiger partial charge in [0, 0.05) is 6.42 Å². The molecule has 0 aromatic heterocycles. The van der Waals surface area contributed by atoms with E-state index in [0.717, 1.165) is 5.56 Å². The molecule has 0 saturated heterocycles. The average molecular weight is 252 g/mol. The van der Waals surface area contributed by atoms with E-state index in [0.29, 0.717) is 6.42 Å². The van der Waals surface area contributed by atoms with Crippen LogP contribution < -0.4 is 0 Å². The van der Waals surface area contributed by atoms with Crippen molar-refractivity contribution in [2.24, 2.45) is 0 Å². The van der Waals surface area contributed by atoms with E-state index >= 15 is 0 Å². The number of rotatable bonds is 6. The third-order valence-electron chi connectivity index (χ3n) is 2.21. The van der Waals surface area contributed by atoms with Crippen LogP contribution in [-0.2, 0) is 21.9 Å². The SMILES string of the molecule is [N-]=[N+]=C(C[SH](=O)=O)C(=O)CCc1ccccc1. The normalized spacial score (nSPS) is 9.94. The van der Waals surface area contributed by atoms with E-state index in [1.165, 1.54) is 0 Å². The molecule has 0 bridgehead atoms. The maximum Gasteiger partial charge on any atom is 0.349 e. The molecule has 5 nitrogen and oxygen atoms in total. The maximum atomic E-state index is 11.5. The summed E-state index contributed by atoms with van der Waals surface area (Å²) in [6, 6.07) is 9.33. The van der Waals surface area contributed by atoms with Crippen molar-refractivity contribution in [3.05, 3.63) is 41.4 Å². The van der Waals surface area contributed by atoms with E-state index in [1.807, 2.05) is 30.3 Å². The highest BCUT2D eigenvalue weighted by molar-refractivity contribution is 7.73. The molecule has 0 atom stereocenters. The summed E-state index contributed by atoms with van der Waals surface area (Å²) >= 11 is 0. The molecule has 1 aromatic rings. The molecule has 0 radical (unpaired) electrons. The minimum Gasteiger partial charge on any atom is -0.361 e. The van der Waals surface area contributed by atoms with Crippen molar-refractivity contribution < 1.29 is 18.0 Å². The Balaban J connectivity index is 2.58.